The first-order chi connectivity index (χ1) is 10.4. The van der Waals surface area contributed by atoms with Gasteiger partial charge in [-0.25, -0.2) is 17.9 Å². The van der Waals surface area contributed by atoms with Crippen molar-refractivity contribution >= 4 is 16.0 Å². The molecule has 1 unspecified atom stereocenters. The summed E-state index contributed by atoms with van der Waals surface area (Å²) in [5.41, 5.74) is 1.21. The van der Waals surface area contributed by atoms with Crippen LogP contribution in [0.1, 0.15) is 22.8 Å². The number of methoxy groups -OCH3 is 1. The van der Waals surface area contributed by atoms with E-state index in [0.717, 1.165) is 5.56 Å². The van der Waals surface area contributed by atoms with E-state index in [-0.39, 0.29) is 10.9 Å². The Morgan fingerprint density at radius 3 is 2.50 bits per heavy atom. The molecule has 0 aliphatic rings. The molecule has 0 saturated heterocycles. The lowest BCUT2D eigenvalue weighted by molar-refractivity contribution is 0.0600. The van der Waals surface area contributed by atoms with Gasteiger partial charge in [0.2, 0.25) is 10.0 Å². The summed E-state index contributed by atoms with van der Waals surface area (Å²) in [6.45, 7) is 1.77. The van der Waals surface area contributed by atoms with Crippen molar-refractivity contribution in [3.05, 3.63) is 54.0 Å². The predicted octanol–water partition coefficient (Wildman–Crippen LogP) is 1.98. The molecule has 0 saturated carbocycles. The number of nitrogens with one attached hydrogen (secondary N) is 1. The molecule has 1 aromatic heterocycles. The van der Waals surface area contributed by atoms with Crippen LogP contribution >= 0.6 is 0 Å². The van der Waals surface area contributed by atoms with Gasteiger partial charge in [0.15, 0.2) is 0 Å². The molecule has 1 atom stereocenters. The van der Waals surface area contributed by atoms with Gasteiger partial charge in [-0.3, -0.25) is 0 Å². The molecule has 7 heteroatoms. The first kappa shape index (κ1) is 16.3. The zero-order chi connectivity index (χ0) is 16.2. The van der Waals surface area contributed by atoms with E-state index in [2.05, 4.69) is 9.46 Å². The minimum absolute atomic E-state index is 0.0965. The Bertz CT molecular complexity index is 720. The summed E-state index contributed by atoms with van der Waals surface area (Å²) in [5.74, 6) is -0.509. The van der Waals surface area contributed by atoms with Crippen molar-refractivity contribution < 1.29 is 22.4 Å². The summed E-state index contributed by atoms with van der Waals surface area (Å²) in [7, 11) is -2.37. The molecule has 0 aliphatic carbocycles. The Hall–Kier alpha value is -2.12. The molecule has 2 aromatic rings. The third kappa shape index (κ3) is 3.96. The first-order valence-electron chi connectivity index (χ1n) is 6.64. The van der Waals surface area contributed by atoms with E-state index >= 15 is 0 Å². The molecule has 1 heterocycles. The van der Waals surface area contributed by atoms with E-state index in [1.54, 1.807) is 25.5 Å². The Balaban J connectivity index is 2.07. The molecule has 0 bridgehead atoms. The zero-order valence-electron chi connectivity index (χ0n) is 12.3. The summed E-state index contributed by atoms with van der Waals surface area (Å²) in [6.07, 6.45) is 3.65. The van der Waals surface area contributed by atoms with Crippen LogP contribution in [0.4, 0.5) is 0 Å². The highest BCUT2D eigenvalue weighted by atomic mass is 32.2. The number of esters is 1. The number of hydrogen-bond donors (Lipinski definition) is 1. The van der Waals surface area contributed by atoms with E-state index in [4.69, 9.17) is 4.42 Å². The Morgan fingerprint density at radius 1 is 1.27 bits per heavy atom. The van der Waals surface area contributed by atoms with E-state index in [1.807, 2.05) is 0 Å². The maximum absolute atomic E-state index is 12.3. The fourth-order valence-electron chi connectivity index (χ4n) is 2.02. The van der Waals surface area contributed by atoms with Crippen molar-refractivity contribution in [3.8, 4) is 0 Å². The maximum Gasteiger partial charge on any atom is 0.337 e. The van der Waals surface area contributed by atoms with Crippen molar-refractivity contribution in [2.24, 2.45) is 0 Å². The van der Waals surface area contributed by atoms with Crippen LogP contribution in [0.5, 0.6) is 0 Å². The van der Waals surface area contributed by atoms with Crippen LogP contribution in [0.2, 0.25) is 0 Å². The number of benzene rings is 1. The van der Waals surface area contributed by atoms with Crippen molar-refractivity contribution in [2.75, 3.05) is 7.11 Å². The smallest absolute Gasteiger partial charge is 0.337 e. The topological polar surface area (TPSA) is 85.6 Å². The lowest BCUT2D eigenvalue weighted by Gasteiger charge is -2.13. The van der Waals surface area contributed by atoms with Gasteiger partial charge < -0.3 is 9.15 Å². The average molecular weight is 323 g/mol. The quantitative estimate of drug-likeness (QED) is 0.822. The second kappa shape index (κ2) is 6.76. The van der Waals surface area contributed by atoms with Gasteiger partial charge in [0.25, 0.3) is 0 Å². The van der Waals surface area contributed by atoms with Gasteiger partial charge in [-0.1, -0.05) is 0 Å². The van der Waals surface area contributed by atoms with Crippen LogP contribution in [0.15, 0.2) is 52.2 Å². The van der Waals surface area contributed by atoms with Gasteiger partial charge in [-0.05, 0) is 49.2 Å². The number of sulfonamides is 1. The lowest BCUT2D eigenvalue weighted by Crippen LogP contribution is -2.34. The average Bonchev–Trinajstić information content (AvgIpc) is 2.98. The molecule has 118 valence electrons. The molecule has 0 aliphatic heterocycles. The molecule has 0 amide bonds. The summed E-state index contributed by atoms with van der Waals surface area (Å²) in [6, 6.07) is 7.08. The number of carbonyl (C=O) groups is 1. The Morgan fingerprint density at radius 2 is 1.95 bits per heavy atom. The van der Waals surface area contributed by atoms with E-state index in [9.17, 15) is 13.2 Å². The second-order valence-electron chi connectivity index (χ2n) is 4.87. The van der Waals surface area contributed by atoms with Gasteiger partial charge in [-0.2, -0.15) is 0 Å². The maximum atomic E-state index is 12.3. The number of rotatable bonds is 6. The molecule has 0 spiro atoms. The van der Waals surface area contributed by atoms with Gasteiger partial charge in [0.1, 0.15) is 0 Å². The van der Waals surface area contributed by atoms with Crippen LogP contribution in [0.3, 0.4) is 0 Å². The predicted molar refractivity (Wildman–Crippen MR) is 80.0 cm³/mol. The van der Waals surface area contributed by atoms with Crippen LogP contribution in [0, 0.1) is 0 Å². The highest BCUT2D eigenvalue weighted by molar-refractivity contribution is 7.89. The molecule has 1 aromatic carbocycles. The molecular formula is C15H17NO5S. The van der Waals surface area contributed by atoms with Gasteiger partial charge >= 0.3 is 5.97 Å². The standard InChI is InChI=1S/C15H17NO5S/c1-11(9-12-7-8-21-10-12)16-22(18,19)14-5-3-13(4-6-14)15(17)20-2/h3-8,10-11,16H,9H2,1-2H3. The van der Waals surface area contributed by atoms with E-state index in [0.29, 0.717) is 12.0 Å². The molecular weight excluding hydrogens is 306 g/mol. The van der Waals surface area contributed by atoms with Crippen molar-refractivity contribution in [1.29, 1.82) is 0 Å². The Kier molecular flexibility index (Phi) is 4.99. The minimum atomic E-state index is -3.64. The molecule has 6 nitrogen and oxygen atoms in total. The molecule has 0 radical (unpaired) electrons. The number of carbonyl (C=O) groups excluding carboxylic acids is 1. The van der Waals surface area contributed by atoms with Gasteiger partial charge in [-0.15, -0.1) is 0 Å². The zero-order valence-corrected chi connectivity index (χ0v) is 13.1. The van der Waals surface area contributed by atoms with Crippen LogP contribution < -0.4 is 4.72 Å². The third-order valence-electron chi connectivity index (χ3n) is 3.06. The van der Waals surface area contributed by atoms with Crippen LogP contribution in [-0.4, -0.2) is 27.5 Å². The second-order valence-corrected chi connectivity index (χ2v) is 6.59. The third-order valence-corrected chi connectivity index (χ3v) is 4.67. The molecule has 1 N–H and O–H groups in total. The van der Waals surface area contributed by atoms with Crippen molar-refractivity contribution in [3.63, 3.8) is 0 Å². The summed E-state index contributed by atoms with van der Waals surface area (Å²) < 4.78 is 36.7. The van der Waals surface area contributed by atoms with Crippen molar-refractivity contribution in [2.45, 2.75) is 24.3 Å². The van der Waals surface area contributed by atoms with Crippen LogP contribution in [-0.2, 0) is 21.2 Å². The largest absolute Gasteiger partial charge is 0.472 e. The van der Waals surface area contributed by atoms with Gasteiger partial charge in [0.05, 0.1) is 30.1 Å². The first-order valence-corrected chi connectivity index (χ1v) is 8.12. The molecule has 22 heavy (non-hydrogen) atoms. The summed E-state index contributed by atoms with van der Waals surface area (Å²) in [5, 5.41) is 0. The highest BCUT2D eigenvalue weighted by Gasteiger charge is 2.18. The molecule has 2 rings (SSSR count). The summed E-state index contributed by atoms with van der Waals surface area (Å²) in [4.78, 5) is 11.4. The Labute approximate surface area is 129 Å². The normalized spacial score (nSPS) is 12.8. The fraction of sp³-hybridized carbons (Fsp3) is 0.267. The number of furan rings is 1. The van der Waals surface area contributed by atoms with E-state index in [1.165, 1.54) is 31.4 Å². The highest BCUT2D eigenvalue weighted by Crippen LogP contribution is 2.13. The number of hydrogen-bond acceptors (Lipinski definition) is 5. The van der Waals surface area contributed by atoms with Gasteiger partial charge in [0, 0.05) is 6.04 Å². The number of ether oxygens (including phenoxy) is 1. The van der Waals surface area contributed by atoms with Crippen molar-refractivity contribution in [1.82, 2.24) is 4.72 Å². The van der Waals surface area contributed by atoms with Crippen LogP contribution in [0.25, 0.3) is 0 Å². The SMILES string of the molecule is COC(=O)c1ccc(S(=O)(=O)NC(C)Cc2ccoc2)cc1. The lowest BCUT2D eigenvalue weighted by atomic mass is 10.1. The van der Waals surface area contributed by atoms with E-state index < -0.39 is 16.0 Å². The fourth-order valence-corrected chi connectivity index (χ4v) is 3.27. The molecule has 0 fully saturated rings. The monoisotopic (exact) mass is 323 g/mol. The minimum Gasteiger partial charge on any atom is -0.472 e. The summed E-state index contributed by atoms with van der Waals surface area (Å²) >= 11 is 0.